The van der Waals surface area contributed by atoms with Gasteiger partial charge in [0.15, 0.2) is 8.32 Å². The van der Waals surface area contributed by atoms with E-state index >= 15 is 0 Å². The molecule has 4 rings (SSSR count). The van der Waals surface area contributed by atoms with Crippen molar-refractivity contribution in [3.05, 3.63) is 88.6 Å². The number of nitrogens with one attached hydrogen (secondary N) is 3. The summed E-state index contributed by atoms with van der Waals surface area (Å²) >= 11 is 0. The first-order chi connectivity index (χ1) is 21.8. The summed E-state index contributed by atoms with van der Waals surface area (Å²) in [5, 5.41) is 27.5. The molecule has 1 amide bonds. The van der Waals surface area contributed by atoms with Crippen LogP contribution in [-0.4, -0.2) is 56.2 Å². The van der Waals surface area contributed by atoms with Gasteiger partial charge in [-0.25, -0.2) is 0 Å². The fourth-order valence-corrected chi connectivity index (χ4v) is 6.51. The lowest BCUT2D eigenvalue weighted by molar-refractivity contribution is 0.0946. The highest BCUT2D eigenvalue weighted by molar-refractivity contribution is 6.74. The van der Waals surface area contributed by atoms with Gasteiger partial charge in [-0.2, -0.15) is 0 Å². The number of fused-ring (bicyclic) bond motifs is 1. The Morgan fingerprint density at radius 2 is 1.70 bits per heavy atom. The molecule has 0 saturated heterocycles. The number of carbonyl (C=O) groups is 1. The molecule has 5 N–H and O–H groups in total. The Bertz CT molecular complexity index is 1620. The van der Waals surface area contributed by atoms with Crippen LogP contribution in [0.2, 0.25) is 18.1 Å². The SMILES string of the molecule is COc1cccc(OC)c1CNC(=O)c1cc2cc(C[C@@H](C)NC[C@H](O[Si](C)(C)C(C)(C)C)c3ccc(O)c(CO)c3)ccc2[nH]1. The predicted octanol–water partition coefficient (Wildman–Crippen LogP) is 6.60. The molecule has 0 aliphatic carbocycles. The van der Waals surface area contributed by atoms with Crippen LogP contribution in [0.3, 0.4) is 0 Å². The maximum atomic E-state index is 13.1. The zero-order valence-corrected chi connectivity index (χ0v) is 29.3. The molecular weight excluding hydrogens is 598 g/mol. The second kappa shape index (κ2) is 14.7. The summed E-state index contributed by atoms with van der Waals surface area (Å²) < 4.78 is 17.7. The summed E-state index contributed by atoms with van der Waals surface area (Å²) in [6, 6.07) is 19.1. The first-order valence-electron chi connectivity index (χ1n) is 15.7. The lowest BCUT2D eigenvalue weighted by Crippen LogP contribution is -2.44. The maximum absolute atomic E-state index is 13.1. The number of carbonyl (C=O) groups excluding carboxylic acids is 1. The number of aliphatic hydroxyl groups excluding tert-OH is 1. The van der Waals surface area contributed by atoms with E-state index in [1.54, 1.807) is 20.3 Å². The zero-order valence-electron chi connectivity index (χ0n) is 28.3. The number of benzene rings is 3. The normalized spacial score (nSPS) is 13.4. The summed E-state index contributed by atoms with van der Waals surface area (Å²) in [6.45, 7) is 13.9. The minimum absolute atomic E-state index is 0.0244. The Morgan fingerprint density at radius 3 is 2.33 bits per heavy atom. The van der Waals surface area contributed by atoms with Crippen molar-refractivity contribution in [2.45, 2.75) is 77.5 Å². The average molecular weight is 648 g/mol. The van der Waals surface area contributed by atoms with E-state index in [0.29, 0.717) is 29.3 Å². The molecule has 1 heterocycles. The van der Waals surface area contributed by atoms with Crippen molar-refractivity contribution in [1.82, 2.24) is 15.6 Å². The third-order valence-corrected chi connectivity index (χ3v) is 13.5. The summed E-state index contributed by atoms with van der Waals surface area (Å²) in [6.07, 6.45) is 0.541. The average Bonchev–Trinajstić information content (AvgIpc) is 3.45. The highest BCUT2D eigenvalue weighted by Crippen LogP contribution is 2.40. The molecule has 0 saturated carbocycles. The van der Waals surface area contributed by atoms with Gasteiger partial charge in [0.05, 0.1) is 39.0 Å². The largest absolute Gasteiger partial charge is 0.508 e. The molecular formula is C36H49N3O6Si. The highest BCUT2D eigenvalue weighted by Gasteiger charge is 2.39. The molecule has 3 aromatic carbocycles. The van der Waals surface area contributed by atoms with Gasteiger partial charge in [-0.1, -0.05) is 39.0 Å². The lowest BCUT2D eigenvalue weighted by Gasteiger charge is -2.40. The van der Waals surface area contributed by atoms with Gasteiger partial charge in [-0.15, -0.1) is 0 Å². The van der Waals surface area contributed by atoms with Crippen LogP contribution in [0.4, 0.5) is 0 Å². The molecule has 0 spiro atoms. The van der Waals surface area contributed by atoms with Crippen molar-refractivity contribution in [3.63, 3.8) is 0 Å². The smallest absolute Gasteiger partial charge is 0.268 e. The van der Waals surface area contributed by atoms with E-state index in [9.17, 15) is 15.0 Å². The molecule has 1 aromatic heterocycles. The van der Waals surface area contributed by atoms with E-state index in [2.05, 4.69) is 68.5 Å². The van der Waals surface area contributed by atoms with Gasteiger partial charge in [-0.3, -0.25) is 4.79 Å². The quantitative estimate of drug-likeness (QED) is 0.0978. The number of aromatic hydroxyl groups is 1. The standard InChI is InChI=1S/C36H49N3O6Si/c1-23(37-21-34(45-46(7,8)36(2,3)4)25-13-15-31(41)27(18-25)22-40)16-24-12-14-29-26(17-24)19-30(39-29)35(42)38-20-28-32(43-5)10-9-11-33(28)44-6/h9-15,17-19,23,34,37,39-41H,16,20-22H2,1-8H3,(H,38,42)/t23-,34+/m1/s1. The topological polar surface area (TPSA) is 125 Å². The second-order valence-electron chi connectivity index (χ2n) is 13.4. The van der Waals surface area contributed by atoms with Gasteiger partial charge in [0.2, 0.25) is 0 Å². The molecule has 0 radical (unpaired) electrons. The van der Waals surface area contributed by atoms with Crippen molar-refractivity contribution >= 4 is 25.1 Å². The number of aliphatic hydroxyl groups is 1. The molecule has 0 aliphatic heterocycles. The van der Waals surface area contributed by atoms with Crippen molar-refractivity contribution in [1.29, 1.82) is 0 Å². The van der Waals surface area contributed by atoms with Crippen molar-refractivity contribution < 1.29 is 28.9 Å². The van der Waals surface area contributed by atoms with Crippen LogP contribution in [0.1, 0.15) is 66.5 Å². The first kappa shape index (κ1) is 35.0. The molecule has 0 aliphatic rings. The number of phenols is 1. The van der Waals surface area contributed by atoms with Gasteiger partial charge < -0.3 is 39.7 Å². The van der Waals surface area contributed by atoms with E-state index < -0.39 is 8.32 Å². The number of methoxy groups -OCH3 is 2. The van der Waals surface area contributed by atoms with Crippen LogP contribution >= 0.6 is 0 Å². The number of amides is 1. The van der Waals surface area contributed by atoms with Crippen LogP contribution in [0.5, 0.6) is 17.2 Å². The molecule has 9 nitrogen and oxygen atoms in total. The summed E-state index contributed by atoms with van der Waals surface area (Å²) in [5.74, 6) is 1.17. The number of ether oxygens (including phenoxy) is 2. The van der Waals surface area contributed by atoms with Crippen molar-refractivity contribution in [2.24, 2.45) is 0 Å². The summed E-state index contributed by atoms with van der Waals surface area (Å²) in [5.41, 5.74) is 4.70. The van der Waals surface area contributed by atoms with Crippen molar-refractivity contribution in [3.8, 4) is 17.2 Å². The van der Waals surface area contributed by atoms with E-state index in [1.165, 1.54) is 0 Å². The Balaban J connectivity index is 1.43. The number of H-pyrrole nitrogens is 1. The number of aromatic amines is 1. The van der Waals surface area contributed by atoms with E-state index in [1.807, 2.05) is 42.5 Å². The molecule has 248 valence electrons. The Hall–Kier alpha value is -3.83. The minimum Gasteiger partial charge on any atom is -0.508 e. The van der Waals surface area contributed by atoms with Gasteiger partial charge in [0.1, 0.15) is 22.9 Å². The molecule has 4 aromatic rings. The van der Waals surface area contributed by atoms with Gasteiger partial charge in [-0.05, 0) is 85.1 Å². The molecule has 46 heavy (non-hydrogen) atoms. The monoisotopic (exact) mass is 647 g/mol. The number of hydrogen-bond donors (Lipinski definition) is 5. The van der Waals surface area contributed by atoms with Crippen LogP contribution in [0, 0.1) is 0 Å². The summed E-state index contributed by atoms with van der Waals surface area (Å²) in [4.78, 5) is 16.3. The third kappa shape index (κ3) is 8.30. The first-order valence-corrected chi connectivity index (χ1v) is 18.6. The summed E-state index contributed by atoms with van der Waals surface area (Å²) in [7, 11) is 1.06. The van der Waals surface area contributed by atoms with Crippen molar-refractivity contribution in [2.75, 3.05) is 20.8 Å². The molecule has 0 bridgehead atoms. The minimum atomic E-state index is -2.12. The number of rotatable bonds is 14. The second-order valence-corrected chi connectivity index (χ2v) is 18.1. The van der Waals surface area contributed by atoms with E-state index in [0.717, 1.165) is 34.0 Å². The van der Waals surface area contributed by atoms with Gasteiger partial charge in [0, 0.05) is 29.1 Å². The molecule has 10 heteroatoms. The zero-order chi connectivity index (χ0) is 33.6. The maximum Gasteiger partial charge on any atom is 0.268 e. The third-order valence-electron chi connectivity index (χ3n) is 8.97. The number of hydrogen-bond acceptors (Lipinski definition) is 7. The van der Waals surface area contributed by atoms with Crippen LogP contribution in [-0.2, 0) is 24.0 Å². The fraction of sp³-hybridized carbons (Fsp3) is 0.417. The highest BCUT2D eigenvalue weighted by atomic mass is 28.4. The van der Waals surface area contributed by atoms with E-state index in [4.69, 9.17) is 13.9 Å². The van der Waals surface area contributed by atoms with E-state index in [-0.39, 0.29) is 42.0 Å². The fourth-order valence-electron chi connectivity index (χ4n) is 5.22. The molecule has 2 atom stereocenters. The molecule has 0 fully saturated rings. The Morgan fingerprint density at radius 1 is 1.00 bits per heavy atom. The number of aromatic nitrogens is 1. The Labute approximate surface area is 273 Å². The lowest BCUT2D eigenvalue weighted by atomic mass is 10.0. The van der Waals surface area contributed by atoms with Gasteiger partial charge in [0.25, 0.3) is 5.91 Å². The van der Waals surface area contributed by atoms with Crippen LogP contribution < -0.4 is 20.1 Å². The molecule has 0 unspecified atom stereocenters. The Kier molecular flexibility index (Phi) is 11.2. The predicted molar refractivity (Wildman–Crippen MR) is 185 cm³/mol. The van der Waals surface area contributed by atoms with Gasteiger partial charge >= 0.3 is 0 Å². The van der Waals surface area contributed by atoms with Crippen LogP contribution in [0.15, 0.2) is 60.7 Å². The van der Waals surface area contributed by atoms with Crippen LogP contribution in [0.25, 0.3) is 10.9 Å².